The molecule has 0 aliphatic carbocycles. The Kier molecular flexibility index (Phi) is 10.6. The zero-order chi connectivity index (χ0) is 29.3. The number of sulfonamides is 1. The molecule has 10 nitrogen and oxygen atoms in total. The average molecular weight is 587 g/mol. The summed E-state index contributed by atoms with van der Waals surface area (Å²) in [6.07, 6.45) is 0.994. The highest BCUT2D eigenvalue weighted by molar-refractivity contribution is 7.92. The zero-order valence-electron chi connectivity index (χ0n) is 22.2. The second kappa shape index (κ2) is 13.9. The Hall–Kier alpha value is -3.96. The van der Waals surface area contributed by atoms with Crippen molar-refractivity contribution in [3.05, 3.63) is 99.6 Å². The summed E-state index contributed by atoms with van der Waals surface area (Å²) in [5.41, 5.74) is 0.542. The quantitative estimate of drug-likeness (QED) is 0.227. The zero-order valence-corrected chi connectivity index (χ0v) is 23.8. The monoisotopic (exact) mass is 586 g/mol. The summed E-state index contributed by atoms with van der Waals surface area (Å²) in [7, 11) is -4.26. The van der Waals surface area contributed by atoms with Gasteiger partial charge in [0.15, 0.2) is 0 Å². The highest BCUT2D eigenvalue weighted by Gasteiger charge is 2.33. The Morgan fingerprint density at radius 3 is 2.15 bits per heavy atom. The fourth-order valence-electron chi connectivity index (χ4n) is 4.06. The maximum absolute atomic E-state index is 13.9. The van der Waals surface area contributed by atoms with Gasteiger partial charge in [-0.1, -0.05) is 55.8 Å². The van der Waals surface area contributed by atoms with E-state index in [9.17, 15) is 28.1 Å². The number of hydrogen-bond donors (Lipinski definition) is 1. The summed E-state index contributed by atoms with van der Waals surface area (Å²) in [5, 5.41) is 14.5. The van der Waals surface area contributed by atoms with Gasteiger partial charge in [-0.25, -0.2) is 8.42 Å². The predicted octanol–water partition coefficient (Wildman–Crippen LogP) is 4.78. The molecular formula is C28H31ClN4O6S. The Balaban J connectivity index is 2.05. The smallest absolute Gasteiger partial charge is 0.269 e. The maximum atomic E-state index is 13.9. The first-order chi connectivity index (χ1) is 19.1. The highest BCUT2D eigenvalue weighted by atomic mass is 35.5. The molecule has 1 unspecified atom stereocenters. The Labute approximate surface area is 238 Å². The lowest BCUT2D eigenvalue weighted by atomic mass is 10.1. The first kappa shape index (κ1) is 30.6. The average Bonchev–Trinajstić information content (AvgIpc) is 2.96. The van der Waals surface area contributed by atoms with E-state index in [1.54, 1.807) is 49.4 Å². The van der Waals surface area contributed by atoms with Gasteiger partial charge in [-0.3, -0.25) is 24.0 Å². The number of nitrogens with zero attached hydrogens (tertiary/aromatic N) is 3. The lowest BCUT2D eigenvalue weighted by Crippen LogP contribution is -2.52. The second-order valence-corrected chi connectivity index (χ2v) is 11.3. The minimum absolute atomic E-state index is 0.0353. The van der Waals surface area contributed by atoms with E-state index in [-0.39, 0.29) is 35.1 Å². The van der Waals surface area contributed by atoms with E-state index in [2.05, 4.69) is 5.32 Å². The summed E-state index contributed by atoms with van der Waals surface area (Å²) in [6.45, 7) is 3.50. The van der Waals surface area contributed by atoms with E-state index in [4.69, 9.17) is 11.6 Å². The van der Waals surface area contributed by atoms with Crippen molar-refractivity contribution in [2.24, 2.45) is 0 Å². The van der Waals surface area contributed by atoms with Gasteiger partial charge in [-0.2, -0.15) is 0 Å². The van der Waals surface area contributed by atoms with Gasteiger partial charge in [0, 0.05) is 30.2 Å². The van der Waals surface area contributed by atoms with Gasteiger partial charge in [0.1, 0.15) is 12.6 Å². The molecule has 40 heavy (non-hydrogen) atoms. The van der Waals surface area contributed by atoms with Crippen LogP contribution in [-0.4, -0.2) is 49.2 Å². The minimum atomic E-state index is -4.26. The normalized spacial score (nSPS) is 11.9. The first-order valence-corrected chi connectivity index (χ1v) is 14.5. The van der Waals surface area contributed by atoms with Crippen LogP contribution in [0.2, 0.25) is 5.02 Å². The highest BCUT2D eigenvalue weighted by Crippen LogP contribution is 2.27. The van der Waals surface area contributed by atoms with Crippen LogP contribution in [-0.2, 0) is 26.2 Å². The predicted molar refractivity (Wildman–Crippen MR) is 153 cm³/mol. The summed E-state index contributed by atoms with van der Waals surface area (Å²) in [5.74, 6) is -0.967. The molecule has 0 bridgehead atoms. The molecule has 0 heterocycles. The summed E-state index contributed by atoms with van der Waals surface area (Å²) in [6, 6.07) is 18.4. The largest absolute Gasteiger partial charge is 0.354 e. The van der Waals surface area contributed by atoms with Gasteiger partial charge < -0.3 is 10.2 Å². The molecule has 0 fully saturated rings. The van der Waals surface area contributed by atoms with Crippen LogP contribution >= 0.6 is 11.6 Å². The number of anilines is 1. The molecule has 0 aromatic heterocycles. The van der Waals surface area contributed by atoms with E-state index in [1.165, 1.54) is 41.3 Å². The third kappa shape index (κ3) is 7.57. The number of nitro groups is 1. The fourth-order valence-corrected chi connectivity index (χ4v) is 5.62. The third-order valence-corrected chi connectivity index (χ3v) is 8.20. The van der Waals surface area contributed by atoms with Gasteiger partial charge >= 0.3 is 0 Å². The molecule has 3 aromatic carbocycles. The molecule has 0 aliphatic rings. The Morgan fingerprint density at radius 2 is 1.60 bits per heavy atom. The molecule has 212 valence electrons. The van der Waals surface area contributed by atoms with E-state index >= 15 is 0 Å². The second-order valence-electron chi connectivity index (χ2n) is 8.96. The molecule has 3 rings (SSSR count). The molecule has 12 heteroatoms. The maximum Gasteiger partial charge on any atom is 0.269 e. The van der Waals surface area contributed by atoms with Crippen LogP contribution in [0.1, 0.15) is 32.3 Å². The molecule has 0 radical (unpaired) electrons. The van der Waals surface area contributed by atoms with Crippen molar-refractivity contribution in [1.82, 2.24) is 10.2 Å². The summed E-state index contributed by atoms with van der Waals surface area (Å²) >= 11 is 6.02. The van der Waals surface area contributed by atoms with E-state index in [1.807, 2.05) is 6.92 Å². The third-order valence-electron chi connectivity index (χ3n) is 6.16. The first-order valence-electron chi connectivity index (χ1n) is 12.7. The van der Waals surface area contributed by atoms with Crippen LogP contribution < -0.4 is 9.62 Å². The van der Waals surface area contributed by atoms with Crippen LogP contribution in [0.5, 0.6) is 0 Å². The summed E-state index contributed by atoms with van der Waals surface area (Å²) in [4.78, 5) is 38.9. The number of benzene rings is 3. The lowest BCUT2D eigenvalue weighted by molar-refractivity contribution is -0.384. The number of nitro benzene ring substituents is 1. The standard InChI is InChI=1S/C28H31ClN4O6S/c1-3-18-30-28(35)26(4-2)31(19-21-10-12-22(29)13-11-21)27(34)20-32(23-14-16-24(17-15-23)33(36)37)40(38,39)25-8-6-5-7-9-25/h5-17,26H,3-4,18-20H2,1-2H3,(H,30,35). The Bertz CT molecular complexity index is 1420. The molecule has 3 aromatic rings. The lowest BCUT2D eigenvalue weighted by Gasteiger charge is -2.33. The van der Waals surface area contributed by atoms with E-state index in [0.717, 1.165) is 4.31 Å². The number of hydrogen-bond acceptors (Lipinski definition) is 6. The minimum Gasteiger partial charge on any atom is -0.354 e. The SMILES string of the molecule is CCCNC(=O)C(CC)N(Cc1ccc(Cl)cc1)C(=O)CN(c1ccc([N+](=O)[O-])cc1)S(=O)(=O)c1ccccc1. The number of rotatable bonds is 13. The fraction of sp³-hybridized carbons (Fsp3) is 0.286. The van der Waals surface area contributed by atoms with Gasteiger partial charge in [0.25, 0.3) is 15.7 Å². The van der Waals surface area contributed by atoms with E-state index in [0.29, 0.717) is 23.6 Å². The van der Waals surface area contributed by atoms with Crippen molar-refractivity contribution >= 4 is 44.8 Å². The molecule has 0 saturated heterocycles. The van der Waals surface area contributed by atoms with Crippen LogP contribution in [0.25, 0.3) is 0 Å². The van der Waals surface area contributed by atoms with Gasteiger partial charge in [-0.15, -0.1) is 0 Å². The van der Waals surface area contributed by atoms with Gasteiger partial charge in [0.2, 0.25) is 11.8 Å². The molecule has 0 spiro atoms. The van der Waals surface area contributed by atoms with Crippen LogP contribution in [0, 0.1) is 10.1 Å². The summed E-state index contributed by atoms with van der Waals surface area (Å²) < 4.78 is 28.4. The number of halogens is 1. The number of nitrogens with one attached hydrogen (secondary N) is 1. The van der Waals surface area contributed by atoms with E-state index < -0.39 is 33.4 Å². The van der Waals surface area contributed by atoms with Crippen LogP contribution in [0.3, 0.4) is 0 Å². The molecule has 1 atom stereocenters. The molecule has 0 aliphatic heterocycles. The van der Waals surface area contributed by atoms with Crippen molar-refractivity contribution in [1.29, 1.82) is 0 Å². The van der Waals surface area contributed by atoms with Gasteiger partial charge in [-0.05, 0) is 54.8 Å². The van der Waals surface area contributed by atoms with Crippen molar-refractivity contribution in [3.8, 4) is 0 Å². The molecule has 0 saturated carbocycles. The molecule has 1 N–H and O–H groups in total. The topological polar surface area (TPSA) is 130 Å². The molecule has 2 amide bonds. The number of amides is 2. The van der Waals surface area contributed by atoms with Crippen molar-refractivity contribution < 1.29 is 22.9 Å². The number of carbonyl (C=O) groups excluding carboxylic acids is 2. The number of carbonyl (C=O) groups is 2. The molecular weight excluding hydrogens is 556 g/mol. The van der Waals surface area contributed by atoms with Crippen LogP contribution in [0.4, 0.5) is 11.4 Å². The van der Waals surface area contributed by atoms with Crippen molar-refractivity contribution in [2.75, 3.05) is 17.4 Å². The number of non-ortho nitro benzene ring substituents is 1. The van der Waals surface area contributed by atoms with Crippen molar-refractivity contribution in [3.63, 3.8) is 0 Å². The van der Waals surface area contributed by atoms with Crippen molar-refractivity contribution in [2.45, 2.75) is 44.2 Å². The Morgan fingerprint density at radius 1 is 0.975 bits per heavy atom. The van der Waals surface area contributed by atoms with Crippen LogP contribution in [0.15, 0.2) is 83.8 Å². The van der Waals surface area contributed by atoms with Gasteiger partial charge in [0.05, 0.1) is 15.5 Å².